The predicted octanol–water partition coefficient (Wildman–Crippen LogP) is 2.80. The zero-order valence-corrected chi connectivity index (χ0v) is 11.2. The summed E-state index contributed by atoms with van der Waals surface area (Å²) < 4.78 is 13.6. The van der Waals surface area contributed by atoms with Crippen LogP contribution < -0.4 is 5.32 Å². The molecule has 1 unspecified atom stereocenters. The molecule has 0 aliphatic heterocycles. The third kappa shape index (κ3) is 2.70. The number of aromatic nitrogens is 3. The van der Waals surface area contributed by atoms with E-state index >= 15 is 0 Å². The van der Waals surface area contributed by atoms with Crippen molar-refractivity contribution in [3.05, 3.63) is 29.3 Å². The Morgan fingerprint density at radius 3 is 2.89 bits per heavy atom. The van der Waals surface area contributed by atoms with Gasteiger partial charge in [-0.05, 0) is 19.0 Å². The van der Waals surface area contributed by atoms with E-state index in [1.54, 1.807) is 12.3 Å². The zero-order valence-electron chi connectivity index (χ0n) is 10.4. The fourth-order valence-electron chi connectivity index (χ4n) is 1.69. The Hall–Kier alpha value is -1.40. The van der Waals surface area contributed by atoms with E-state index in [1.807, 2.05) is 6.92 Å². The van der Waals surface area contributed by atoms with Gasteiger partial charge in [0.2, 0.25) is 0 Å². The minimum Gasteiger partial charge on any atom is -0.308 e. The van der Waals surface area contributed by atoms with Gasteiger partial charge in [0.25, 0.3) is 0 Å². The van der Waals surface area contributed by atoms with Gasteiger partial charge in [0, 0.05) is 6.20 Å². The highest BCUT2D eigenvalue weighted by atomic mass is 32.1. The van der Waals surface area contributed by atoms with E-state index in [9.17, 15) is 4.39 Å². The van der Waals surface area contributed by atoms with Crippen LogP contribution in [0, 0.1) is 5.82 Å². The van der Waals surface area contributed by atoms with Gasteiger partial charge < -0.3 is 5.32 Å². The summed E-state index contributed by atoms with van der Waals surface area (Å²) >= 11 is 1.42. The van der Waals surface area contributed by atoms with Crippen LogP contribution in [0.3, 0.4) is 0 Å². The first-order chi connectivity index (χ1) is 8.76. The maximum Gasteiger partial charge on any atom is 0.151 e. The number of hydrogen-bond donors (Lipinski definition) is 1. The molecule has 2 aromatic heterocycles. The second-order valence-corrected chi connectivity index (χ2v) is 4.83. The lowest BCUT2D eigenvalue weighted by Crippen LogP contribution is -2.19. The number of halogens is 1. The first kappa shape index (κ1) is 13.0. The molecule has 0 aliphatic rings. The molecule has 0 saturated carbocycles. The van der Waals surface area contributed by atoms with E-state index in [-0.39, 0.29) is 11.9 Å². The Kier molecular flexibility index (Phi) is 4.33. The Morgan fingerprint density at radius 2 is 2.22 bits per heavy atom. The quantitative estimate of drug-likeness (QED) is 0.904. The van der Waals surface area contributed by atoms with Gasteiger partial charge in [-0.15, -0.1) is 10.2 Å². The van der Waals surface area contributed by atoms with Gasteiger partial charge in [0.05, 0.1) is 17.8 Å². The van der Waals surface area contributed by atoms with E-state index in [1.165, 1.54) is 17.5 Å². The van der Waals surface area contributed by atoms with Gasteiger partial charge in [-0.3, -0.25) is 4.98 Å². The first-order valence-electron chi connectivity index (χ1n) is 5.92. The molecule has 0 radical (unpaired) electrons. The summed E-state index contributed by atoms with van der Waals surface area (Å²) in [6, 6.07) is 1.81. The standard InChI is InChI=1S/C12H15FN4S/c1-3-10(15-4-2)12-17-16-11(18-12)8-5-6-14-7-9(8)13/h5-7,10,15H,3-4H2,1-2H3. The summed E-state index contributed by atoms with van der Waals surface area (Å²) in [4.78, 5) is 3.73. The molecule has 0 aromatic carbocycles. The summed E-state index contributed by atoms with van der Waals surface area (Å²) in [5, 5.41) is 13.0. The highest BCUT2D eigenvalue weighted by molar-refractivity contribution is 7.14. The zero-order chi connectivity index (χ0) is 13.0. The SMILES string of the molecule is CCNC(CC)c1nnc(-c2ccncc2F)s1. The molecule has 2 heterocycles. The monoisotopic (exact) mass is 266 g/mol. The van der Waals surface area contributed by atoms with Crippen LogP contribution >= 0.6 is 11.3 Å². The van der Waals surface area contributed by atoms with Crippen molar-refractivity contribution in [3.8, 4) is 10.6 Å². The van der Waals surface area contributed by atoms with Crippen molar-refractivity contribution in [2.24, 2.45) is 0 Å². The largest absolute Gasteiger partial charge is 0.308 e. The fraction of sp³-hybridized carbons (Fsp3) is 0.417. The van der Waals surface area contributed by atoms with Crippen molar-refractivity contribution in [1.29, 1.82) is 0 Å². The first-order valence-corrected chi connectivity index (χ1v) is 6.74. The predicted molar refractivity (Wildman–Crippen MR) is 69.8 cm³/mol. The van der Waals surface area contributed by atoms with E-state index in [0.29, 0.717) is 10.6 Å². The van der Waals surface area contributed by atoms with Crippen molar-refractivity contribution in [2.45, 2.75) is 26.3 Å². The van der Waals surface area contributed by atoms with Crippen LogP contribution in [0.1, 0.15) is 31.3 Å². The molecular formula is C12H15FN4S. The van der Waals surface area contributed by atoms with E-state index in [4.69, 9.17) is 0 Å². The minimum atomic E-state index is -0.364. The summed E-state index contributed by atoms with van der Waals surface area (Å²) in [5.74, 6) is -0.364. The number of rotatable bonds is 5. The van der Waals surface area contributed by atoms with Gasteiger partial charge in [-0.25, -0.2) is 4.39 Å². The summed E-state index contributed by atoms with van der Waals surface area (Å²) in [5.41, 5.74) is 0.458. The molecule has 2 rings (SSSR count). The average molecular weight is 266 g/mol. The van der Waals surface area contributed by atoms with Crippen LogP contribution in [-0.2, 0) is 0 Å². The summed E-state index contributed by atoms with van der Waals surface area (Å²) in [6.07, 6.45) is 3.68. The minimum absolute atomic E-state index is 0.186. The summed E-state index contributed by atoms with van der Waals surface area (Å²) in [7, 11) is 0. The molecule has 0 bridgehead atoms. The lowest BCUT2D eigenvalue weighted by atomic mass is 10.2. The molecule has 0 amide bonds. The van der Waals surface area contributed by atoms with E-state index < -0.39 is 0 Å². The van der Waals surface area contributed by atoms with Crippen LogP contribution in [0.2, 0.25) is 0 Å². The number of hydrogen-bond acceptors (Lipinski definition) is 5. The Labute approximate surface area is 109 Å². The van der Waals surface area contributed by atoms with Gasteiger partial charge in [0.1, 0.15) is 5.01 Å². The lowest BCUT2D eigenvalue weighted by Gasteiger charge is -2.10. The van der Waals surface area contributed by atoms with Crippen LogP contribution in [-0.4, -0.2) is 21.7 Å². The molecule has 1 atom stereocenters. The number of nitrogens with one attached hydrogen (secondary N) is 1. The van der Waals surface area contributed by atoms with Crippen molar-refractivity contribution in [3.63, 3.8) is 0 Å². The van der Waals surface area contributed by atoms with Crippen LogP contribution in [0.15, 0.2) is 18.5 Å². The molecule has 0 saturated heterocycles. The molecule has 6 heteroatoms. The van der Waals surface area contributed by atoms with Gasteiger partial charge in [0.15, 0.2) is 10.8 Å². The lowest BCUT2D eigenvalue weighted by molar-refractivity contribution is 0.531. The third-order valence-electron chi connectivity index (χ3n) is 2.60. The molecule has 0 spiro atoms. The highest BCUT2D eigenvalue weighted by Gasteiger charge is 2.16. The van der Waals surface area contributed by atoms with Crippen LogP contribution in [0.25, 0.3) is 10.6 Å². The second-order valence-electron chi connectivity index (χ2n) is 3.82. The Morgan fingerprint density at radius 1 is 1.39 bits per heavy atom. The normalized spacial score (nSPS) is 12.6. The summed E-state index contributed by atoms with van der Waals surface area (Å²) in [6.45, 7) is 5.01. The van der Waals surface area contributed by atoms with Crippen molar-refractivity contribution >= 4 is 11.3 Å². The molecule has 0 aliphatic carbocycles. The topological polar surface area (TPSA) is 50.7 Å². The smallest absolute Gasteiger partial charge is 0.151 e. The Bertz CT molecular complexity index is 514. The number of pyridine rings is 1. The molecular weight excluding hydrogens is 251 g/mol. The van der Waals surface area contributed by atoms with Gasteiger partial charge in [-0.2, -0.15) is 0 Å². The molecule has 96 valence electrons. The fourth-order valence-corrected chi connectivity index (χ4v) is 2.71. The van der Waals surface area contributed by atoms with Crippen molar-refractivity contribution < 1.29 is 4.39 Å². The maximum absolute atomic E-state index is 13.6. The van der Waals surface area contributed by atoms with E-state index in [0.717, 1.165) is 18.0 Å². The van der Waals surface area contributed by atoms with Crippen molar-refractivity contribution in [2.75, 3.05) is 6.54 Å². The molecule has 4 nitrogen and oxygen atoms in total. The number of nitrogens with zero attached hydrogens (tertiary/aromatic N) is 3. The maximum atomic E-state index is 13.6. The van der Waals surface area contributed by atoms with Crippen molar-refractivity contribution in [1.82, 2.24) is 20.5 Å². The molecule has 18 heavy (non-hydrogen) atoms. The molecule has 2 aromatic rings. The third-order valence-corrected chi connectivity index (χ3v) is 3.67. The van der Waals surface area contributed by atoms with E-state index in [2.05, 4.69) is 27.4 Å². The molecule has 1 N–H and O–H groups in total. The van der Waals surface area contributed by atoms with Crippen LogP contribution in [0.5, 0.6) is 0 Å². The molecule has 0 fully saturated rings. The Balaban J connectivity index is 2.28. The van der Waals surface area contributed by atoms with Gasteiger partial charge >= 0.3 is 0 Å². The van der Waals surface area contributed by atoms with Gasteiger partial charge in [-0.1, -0.05) is 25.2 Å². The average Bonchev–Trinajstić information content (AvgIpc) is 2.85. The highest BCUT2D eigenvalue weighted by Crippen LogP contribution is 2.29. The second kappa shape index (κ2) is 5.97. The van der Waals surface area contributed by atoms with Crippen LogP contribution in [0.4, 0.5) is 4.39 Å².